The van der Waals surface area contributed by atoms with E-state index in [-0.39, 0.29) is 42.5 Å². The molecule has 12 nitrogen and oxygen atoms in total. The van der Waals surface area contributed by atoms with Crippen molar-refractivity contribution in [1.82, 2.24) is 25.1 Å². The van der Waals surface area contributed by atoms with Gasteiger partial charge in [-0.05, 0) is 47.1 Å². The summed E-state index contributed by atoms with van der Waals surface area (Å²) in [7, 11) is 3.32. The van der Waals surface area contributed by atoms with E-state index in [0.717, 1.165) is 22.7 Å². The molecule has 0 spiro atoms. The summed E-state index contributed by atoms with van der Waals surface area (Å²) in [5.41, 5.74) is 1.62. The fraction of sp³-hybridized carbons (Fsp3) is 0.625. The van der Waals surface area contributed by atoms with Gasteiger partial charge in [-0.25, -0.2) is 14.6 Å². The second-order valence-electron chi connectivity index (χ2n) is 13.7. The van der Waals surface area contributed by atoms with Crippen LogP contribution in [0, 0.1) is 0 Å². The highest BCUT2D eigenvalue weighted by Crippen LogP contribution is 2.35. The fourth-order valence-corrected chi connectivity index (χ4v) is 5.89. The minimum Gasteiger partial charge on any atom is -0.444 e. The third-order valence-electron chi connectivity index (χ3n) is 8.04. The molecule has 0 bridgehead atoms. The highest BCUT2D eigenvalue weighted by atomic mass is 16.6. The number of aliphatic imine (C=N–C) groups is 1. The van der Waals surface area contributed by atoms with Gasteiger partial charge in [0.2, 0.25) is 0 Å². The molecule has 2 saturated heterocycles. The van der Waals surface area contributed by atoms with Crippen molar-refractivity contribution in [2.45, 2.75) is 95.9 Å². The molecule has 2 amide bonds. The number of carbonyl (C=O) groups excluding carboxylic acids is 2. The van der Waals surface area contributed by atoms with Gasteiger partial charge in [-0.15, -0.1) is 0 Å². The zero-order valence-electron chi connectivity index (χ0n) is 27.0. The summed E-state index contributed by atoms with van der Waals surface area (Å²) in [5.74, 6) is 1.48. The largest absolute Gasteiger partial charge is 0.444 e. The summed E-state index contributed by atoms with van der Waals surface area (Å²) >= 11 is 0. The van der Waals surface area contributed by atoms with E-state index >= 15 is 0 Å². The first-order valence-electron chi connectivity index (χ1n) is 15.3. The summed E-state index contributed by atoms with van der Waals surface area (Å²) in [6.07, 6.45) is 2.26. The van der Waals surface area contributed by atoms with Gasteiger partial charge in [-0.1, -0.05) is 24.3 Å². The molecule has 1 aromatic heterocycles. The second-order valence-corrected chi connectivity index (χ2v) is 13.7. The number of nitrogens with zero attached hydrogens (tertiary/aromatic N) is 4. The maximum Gasteiger partial charge on any atom is 0.411 e. The third kappa shape index (κ3) is 7.18. The molecule has 1 aromatic carbocycles. The molecule has 2 aromatic rings. The lowest BCUT2D eigenvalue weighted by Gasteiger charge is -2.28. The van der Waals surface area contributed by atoms with Crippen molar-refractivity contribution in [2.24, 2.45) is 4.99 Å². The first kappa shape index (κ1) is 31.8. The number of carbonyl (C=O) groups is 2. The summed E-state index contributed by atoms with van der Waals surface area (Å²) < 4.78 is 22.5. The predicted molar refractivity (Wildman–Crippen MR) is 165 cm³/mol. The molecule has 0 radical (unpaired) electrons. The number of benzene rings is 1. The Bertz CT molecular complexity index is 1360. The van der Waals surface area contributed by atoms with Crippen LogP contribution >= 0.6 is 0 Å². The van der Waals surface area contributed by atoms with Crippen molar-refractivity contribution >= 4 is 18.0 Å². The number of imidazole rings is 1. The number of aromatic nitrogens is 2. The number of rotatable bonds is 6. The van der Waals surface area contributed by atoms with Gasteiger partial charge < -0.3 is 29.2 Å². The molecule has 5 rings (SSSR count). The Balaban J connectivity index is 1.28. The fourth-order valence-electron chi connectivity index (χ4n) is 5.89. The molecule has 2 N–H and O–H groups in total. The lowest BCUT2D eigenvalue weighted by atomic mass is 10.0. The zero-order valence-corrected chi connectivity index (χ0v) is 27.0. The number of likely N-dealkylation sites (tertiary alicyclic amines) is 2. The van der Waals surface area contributed by atoms with Crippen LogP contribution in [0.25, 0.3) is 11.3 Å². The zero-order chi connectivity index (χ0) is 31.8. The highest BCUT2D eigenvalue weighted by Gasteiger charge is 2.42. The summed E-state index contributed by atoms with van der Waals surface area (Å²) in [4.78, 5) is 42.4. The number of amides is 2. The van der Waals surface area contributed by atoms with E-state index in [1.165, 1.54) is 0 Å². The molecular weight excluding hydrogens is 564 g/mol. The van der Waals surface area contributed by atoms with Gasteiger partial charge in [-0.3, -0.25) is 14.8 Å². The topological polar surface area (TPSA) is 131 Å². The van der Waals surface area contributed by atoms with Crippen LogP contribution in [0.3, 0.4) is 0 Å². The minimum atomic E-state index is -0.594. The van der Waals surface area contributed by atoms with Crippen LogP contribution in [0.2, 0.25) is 0 Å². The Morgan fingerprint density at radius 1 is 0.841 bits per heavy atom. The van der Waals surface area contributed by atoms with Crippen LogP contribution in [0.15, 0.2) is 35.5 Å². The molecule has 4 heterocycles. The van der Waals surface area contributed by atoms with Gasteiger partial charge in [0.05, 0.1) is 49.1 Å². The van der Waals surface area contributed by atoms with Gasteiger partial charge in [0.15, 0.2) is 0 Å². The number of ether oxygens (including phenoxy) is 4. The first-order chi connectivity index (χ1) is 20.7. The van der Waals surface area contributed by atoms with Crippen LogP contribution in [0.1, 0.15) is 77.9 Å². The van der Waals surface area contributed by atoms with Gasteiger partial charge >= 0.3 is 12.2 Å². The number of hydrogen-bond donors (Lipinski definition) is 2. The normalized spacial score (nSPS) is 25.6. The van der Waals surface area contributed by atoms with Crippen molar-refractivity contribution < 1.29 is 28.5 Å². The van der Waals surface area contributed by atoms with Gasteiger partial charge in [0, 0.05) is 45.4 Å². The summed E-state index contributed by atoms with van der Waals surface area (Å²) in [6, 6.07) is 7.61. The molecule has 5 atom stereocenters. The average molecular weight is 611 g/mol. The lowest BCUT2D eigenvalue weighted by molar-refractivity contribution is 0.0188. The van der Waals surface area contributed by atoms with Crippen molar-refractivity contribution in [3.63, 3.8) is 0 Å². The standard InChI is InChI=1S/C32H46N6O6/c1-31(2,3)43-29(39)37-17-21(41-7)13-25(37)27-33-15-23(35-27)19-9-11-20(12-10-19)24-16-34-28(36-24)26-14-22(42-8)18-38(26)30(40)44-32(4,5)6/h9-12,15,21-22,24-26H,13-14,16-18H2,1-8H3,(H,33,35)(H,34,36)/t21-,22-,24?,25-,26-/m0/s1. The van der Waals surface area contributed by atoms with Gasteiger partial charge in [-0.2, -0.15) is 0 Å². The number of H-pyrrole nitrogens is 1. The SMILES string of the molecule is CO[C@H]1C[C@@H](C2=NC(c3ccc(-c4c[nH]c([C@@H]5C[C@H](OC)CN5C(=O)OC(C)(C)C)n4)cc3)CN2)N(C(=O)OC(C)(C)C)C1. The lowest BCUT2D eigenvalue weighted by Crippen LogP contribution is -2.46. The van der Waals surface area contributed by atoms with Crippen LogP contribution in [-0.2, 0) is 18.9 Å². The van der Waals surface area contributed by atoms with Gasteiger partial charge in [0.25, 0.3) is 0 Å². The van der Waals surface area contributed by atoms with Crippen LogP contribution in [0.5, 0.6) is 0 Å². The Morgan fingerprint density at radius 3 is 1.93 bits per heavy atom. The molecule has 1 unspecified atom stereocenters. The van der Waals surface area contributed by atoms with Crippen LogP contribution in [0.4, 0.5) is 9.59 Å². The molecule has 3 aliphatic rings. The van der Waals surface area contributed by atoms with E-state index in [2.05, 4.69) is 22.4 Å². The smallest absolute Gasteiger partial charge is 0.411 e. The van der Waals surface area contributed by atoms with E-state index < -0.39 is 11.2 Å². The maximum absolute atomic E-state index is 13.0. The Labute approximate surface area is 259 Å². The van der Waals surface area contributed by atoms with E-state index in [9.17, 15) is 9.59 Å². The maximum atomic E-state index is 13.0. The minimum absolute atomic E-state index is 0.0741. The van der Waals surface area contributed by atoms with E-state index in [0.29, 0.717) is 38.3 Å². The Kier molecular flexibility index (Phi) is 8.95. The van der Waals surface area contributed by atoms with Crippen molar-refractivity contribution in [1.29, 1.82) is 0 Å². The summed E-state index contributed by atoms with van der Waals surface area (Å²) in [5, 5.41) is 3.43. The third-order valence-corrected chi connectivity index (χ3v) is 8.04. The van der Waals surface area contributed by atoms with Crippen LogP contribution < -0.4 is 5.32 Å². The predicted octanol–water partition coefficient (Wildman–Crippen LogP) is 4.84. The Morgan fingerprint density at radius 2 is 1.39 bits per heavy atom. The molecule has 2 fully saturated rings. The van der Waals surface area contributed by atoms with E-state index in [1.807, 2.05) is 59.9 Å². The second kappa shape index (κ2) is 12.4. The van der Waals surface area contributed by atoms with Crippen molar-refractivity contribution in [2.75, 3.05) is 33.9 Å². The monoisotopic (exact) mass is 610 g/mol. The molecule has 0 saturated carbocycles. The number of methoxy groups -OCH3 is 2. The van der Waals surface area contributed by atoms with E-state index in [1.54, 1.807) is 24.0 Å². The molecular formula is C32H46N6O6. The molecule has 12 heteroatoms. The van der Waals surface area contributed by atoms with E-state index in [4.69, 9.17) is 28.9 Å². The van der Waals surface area contributed by atoms with Crippen molar-refractivity contribution in [3.05, 3.63) is 41.9 Å². The van der Waals surface area contributed by atoms with Gasteiger partial charge in [0.1, 0.15) is 22.9 Å². The Hall–Kier alpha value is -3.64. The number of amidine groups is 1. The number of aromatic amines is 1. The van der Waals surface area contributed by atoms with Crippen molar-refractivity contribution in [3.8, 4) is 11.3 Å². The molecule has 0 aliphatic carbocycles. The number of hydrogen-bond acceptors (Lipinski definition) is 9. The molecule has 240 valence electrons. The molecule has 44 heavy (non-hydrogen) atoms. The quantitative estimate of drug-likeness (QED) is 0.475. The highest BCUT2D eigenvalue weighted by molar-refractivity contribution is 5.92. The molecule has 3 aliphatic heterocycles. The summed E-state index contributed by atoms with van der Waals surface area (Å²) in [6.45, 7) is 12.7. The number of nitrogens with one attached hydrogen (secondary N) is 2. The average Bonchev–Trinajstić information content (AvgIpc) is 3.75. The van der Waals surface area contributed by atoms with Crippen LogP contribution in [-0.4, -0.2) is 101 Å². The first-order valence-corrected chi connectivity index (χ1v) is 15.3.